The largest absolute Gasteiger partial charge is 0.355 e. The van der Waals surface area contributed by atoms with E-state index in [4.69, 9.17) is 0 Å². The molecule has 0 amide bonds. The van der Waals surface area contributed by atoms with E-state index < -0.39 is 10.1 Å². The van der Waals surface area contributed by atoms with Crippen LogP contribution in [0.4, 0.5) is 0 Å². The minimum Gasteiger partial charge on any atom is -0.355 e. The molecule has 0 atom stereocenters. The molecule has 8 bridgehead atoms. The van der Waals surface area contributed by atoms with Crippen molar-refractivity contribution in [1.82, 2.24) is 19.9 Å². The van der Waals surface area contributed by atoms with Crippen LogP contribution in [0.25, 0.3) is 57.5 Å². The zero-order valence-electron chi connectivity index (χ0n) is 17.7. The Labute approximate surface area is 194 Å². The minimum atomic E-state index is -4.32. The number of aromatic nitrogens is 4. The molecule has 166 valence electrons. The summed E-state index contributed by atoms with van der Waals surface area (Å²) >= 11 is 0. The van der Waals surface area contributed by atoms with Gasteiger partial charge in [0, 0.05) is 27.6 Å². The maximum atomic E-state index is 11.7. The van der Waals surface area contributed by atoms with Gasteiger partial charge in [-0.05, 0) is 84.5 Å². The van der Waals surface area contributed by atoms with Gasteiger partial charge in [0.1, 0.15) is 0 Å². The molecular formula is C26H18N4O3S. The van der Waals surface area contributed by atoms with Crippen LogP contribution in [0.15, 0.2) is 71.6 Å². The second-order valence-corrected chi connectivity index (χ2v) is 9.51. The van der Waals surface area contributed by atoms with Crippen molar-refractivity contribution in [2.24, 2.45) is 0 Å². The van der Waals surface area contributed by atoms with E-state index in [1.165, 1.54) is 12.1 Å². The molecule has 0 saturated heterocycles. The smallest absolute Gasteiger partial charge is 0.294 e. The monoisotopic (exact) mass is 466 g/mol. The highest BCUT2D eigenvalue weighted by Crippen LogP contribution is 2.29. The first-order chi connectivity index (χ1) is 16.4. The molecule has 0 radical (unpaired) electrons. The highest BCUT2D eigenvalue weighted by molar-refractivity contribution is 7.85. The van der Waals surface area contributed by atoms with Crippen LogP contribution in [-0.2, 0) is 10.1 Å². The predicted molar refractivity (Wildman–Crippen MR) is 134 cm³/mol. The normalized spacial score (nSPS) is 12.9. The van der Waals surface area contributed by atoms with Crippen LogP contribution in [0.1, 0.15) is 22.8 Å². The van der Waals surface area contributed by atoms with Crippen molar-refractivity contribution >= 4 is 56.5 Å². The molecule has 0 saturated carbocycles. The van der Waals surface area contributed by atoms with Crippen LogP contribution >= 0.6 is 0 Å². The third-order valence-corrected chi connectivity index (χ3v) is 6.46. The molecule has 34 heavy (non-hydrogen) atoms. The second-order valence-electron chi connectivity index (χ2n) is 8.09. The topological polar surface area (TPSA) is 112 Å². The Bertz CT molecular complexity index is 1790. The van der Waals surface area contributed by atoms with Gasteiger partial charge >= 0.3 is 0 Å². The maximum absolute atomic E-state index is 11.7. The van der Waals surface area contributed by atoms with Crippen molar-refractivity contribution in [2.75, 3.05) is 0 Å². The average molecular weight is 467 g/mol. The van der Waals surface area contributed by atoms with Crippen molar-refractivity contribution in [3.63, 3.8) is 0 Å². The van der Waals surface area contributed by atoms with E-state index in [9.17, 15) is 13.0 Å². The molecule has 6 rings (SSSR count). The van der Waals surface area contributed by atoms with Crippen molar-refractivity contribution in [1.29, 1.82) is 0 Å². The number of hydrogen-bond acceptors (Lipinski definition) is 4. The quantitative estimate of drug-likeness (QED) is 0.289. The van der Waals surface area contributed by atoms with E-state index in [0.717, 1.165) is 50.4 Å². The van der Waals surface area contributed by atoms with E-state index in [-0.39, 0.29) is 4.90 Å². The number of H-pyrrole nitrogens is 2. The summed E-state index contributed by atoms with van der Waals surface area (Å²) in [5.41, 5.74) is 8.08. The van der Waals surface area contributed by atoms with Crippen molar-refractivity contribution < 1.29 is 13.0 Å². The third-order valence-electron chi connectivity index (χ3n) is 5.61. The molecule has 3 aromatic heterocycles. The Morgan fingerprint density at radius 2 is 1.29 bits per heavy atom. The lowest BCUT2D eigenvalue weighted by atomic mass is 10.1. The molecule has 4 aromatic rings. The lowest BCUT2D eigenvalue weighted by Crippen LogP contribution is -1.97. The van der Waals surface area contributed by atoms with E-state index in [1.54, 1.807) is 12.1 Å². The minimum absolute atomic E-state index is 0.157. The Kier molecular flexibility index (Phi) is 4.58. The van der Waals surface area contributed by atoms with Crippen molar-refractivity contribution in [2.45, 2.75) is 4.90 Å². The summed E-state index contributed by atoms with van der Waals surface area (Å²) < 4.78 is 32.9. The number of nitrogens with zero attached hydrogens (tertiary/aromatic N) is 2. The molecule has 0 aliphatic carbocycles. The predicted octanol–water partition coefficient (Wildman–Crippen LogP) is 5.57. The number of nitrogens with one attached hydrogen (secondary N) is 2. The summed E-state index contributed by atoms with van der Waals surface area (Å²) in [6, 6.07) is 19.9. The standard InChI is InChI=1S/C26H18N4O3S/c31-34(32,33)24-3-1-2-16(10-24)25-14-23-13-21-7-6-19(28-21)11-17-4-5-18(27-17)12-20-8-9-22(29-20)15-26(25)30-23/h1-15,28,30H,(H,31,32,33). The fourth-order valence-electron chi connectivity index (χ4n) is 4.08. The molecule has 5 heterocycles. The van der Waals surface area contributed by atoms with Gasteiger partial charge in [-0.2, -0.15) is 8.42 Å². The summed E-state index contributed by atoms with van der Waals surface area (Å²) in [5, 5.41) is 0. The Balaban J connectivity index is 1.65. The summed E-state index contributed by atoms with van der Waals surface area (Å²) in [7, 11) is -4.32. The fraction of sp³-hybridized carbons (Fsp3) is 0. The van der Waals surface area contributed by atoms with E-state index in [1.807, 2.05) is 66.8 Å². The summed E-state index contributed by atoms with van der Waals surface area (Å²) in [6.07, 6.45) is 7.76. The SMILES string of the molecule is O=S(=O)(O)c1cccc(-c2cc3cc4ccc(cc5nc(cc6nc(cc2[nH]3)C=C6)C=C5)[nH]4)c1. The van der Waals surface area contributed by atoms with E-state index in [0.29, 0.717) is 5.56 Å². The molecule has 2 aliphatic heterocycles. The summed E-state index contributed by atoms with van der Waals surface area (Å²) in [5.74, 6) is 0. The zero-order chi connectivity index (χ0) is 23.3. The van der Waals surface area contributed by atoms with Gasteiger partial charge in [0.05, 0.1) is 27.7 Å². The Morgan fingerprint density at radius 1 is 0.647 bits per heavy atom. The number of benzene rings is 1. The molecule has 3 N–H and O–H groups in total. The second kappa shape index (κ2) is 7.65. The number of rotatable bonds is 2. The fourth-order valence-corrected chi connectivity index (χ4v) is 4.61. The molecule has 7 nitrogen and oxygen atoms in total. The van der Waals surface area contributed by atoms with Crippen molar-refractivity contribution in [3.05, 3.63) is 89.5 Å². The third kappa shape index (κ3) is 3.96. The molecule has 0 fully saturated rings. The highest BCUT2D eigenvalue weighted by Gasteiger charge is 2.12. The molecule has 1 aromatic carbocycles. The number of hydrogen-bond donors (Lipinski definition) is 3. The van der Waals surface area contributed by atoms with Crippen LogP contribution in [-0.4, -0.2) is 32.9 Å². The van der Waals surface area contributed by atoms with Gasteiger partial charge in [0.15, 0.2) is 0 Å². The van der Waals surface area contributed by atoms with Gasteiger partial charge in [-0.25, -0.2) is 9.97 Å². The van der Waals surface area contributed by atoms with Gasteiger partial charge < -0.3 is 9.97 Å². The van der Waals surface area contributed by atoms with Crippen molar-refractivity contribution in [3.8, 4) is 11.1 Å². The van der Waals surface area contributed by atoms with Gasteiger partial charge in [-0.3, -0.25) is 4.55 Å². The van der Waals surface area contributed by atoms with Gasteiger partial charge in [0.25, 0.3) is 10.1 Å². The Hall–Kier alpha value is -4.27. The number of aromatic amines is 2. The Morgan fingerprint density at radius 3 is 2.00 bits per heavy atom. The van der Waals surface area contributed by atoms with Crippen LogP contribution in [0, 0.1) is 0 Å². The summed E-state index contributed by atoms with van der Waals surface area (Å²) in [4.78, 5) is 15.9. The molecular weight excluding hydrogens is 448 g/mol. The maximum Gasteiger partial charge on any atom is 0.294 e. The van der Waals surface area contributed by atoms with Crippen LogP contribution < -0.4 is 0 Å². The summed E-state index contributed by atoms with van der Waals surface area (Å²) in [6.45, 7) is 0. The molecule has 0 spiro atoms. The lowest BCUT2D eigenvalue weighted by Gasteiger charge is -2.02. The number of fused-ring (bicyclic) bond motifs is 8. The van der Waals surface area contributed by atoms with Crippen LogP contribution in [0.2, 0.25) is 0 Å². The zero-order valence-corrected chi connectivity index (χ0v) is 18.5. The molecule has 0 unspecified atom stereocenters. The molecule has 8 heteroatoms. The van der Waals surface area contributed by atoms with Gasteiger partial charge in [-0.15, -0.1) is 0 Å². The highest BCUT2D eigenvalue weighted by atomic mass is 32.2. The first kappa shape index (κ1) is 20.3. The van der Waals surface area contributed by atoms with Crippen LogP contribution in [0.3, 0.4) is 0 Å². The first-order valence-electron chi connectivity index (χ1n) is 10.6. The average Bonchev–Trinajstić information content (AvgIpc) is 3.58. The van der Waals surface area contributed by atoms with Gasteiger partial charge in [-0.1, -0.05) is 12.1 Å². The van der Waals surface area contributed by atoms with Gasteiger partial charge in [0.2, 0.25) is 0 Å². The lowest BCUT2D eigenvalue weighted by molar-refractivity contribution is 0.483. The van der Waals surface area contributed by atoms with Crippen LogP contribution in [0.5, 0.6) is 0 Å². The van der Waals surface area contributed by atoms with E-state index >= 15 is 0 Å². The first-order valence-corrected chi connectivity index (χ1v) is 12.0. The van der Waals surface area contributed by atoms with E-state index in [2.05, 4.69) is 19.9 Å². The molecule has 2 aliphatic rings.